The number of hydrogen-bond donors (Lipinski definition) is 1. The summed E-state index contributed by atoms with van der Waals surface area (Å²) in [6.45, 7) is 6.96. The van der Waals surface area contributed by atoms with Gasteiger partial charge in [-0.2, -0.15) is 0 Å². The normalized spacial score (nSPS) is 19.9. The summed E-state index contributed by atoms with van der Waals surface area (Å²) in [5.41, 5.74) is 3.99. The van der Waals surface area contributed by atoms with Crippen LogP contribution in [0.5, 0.6) is 0 Å². The zero-order valence-electron chi connectivity index (χ0n) is 7.30. The van der Waals surface area contributed by atoms with Crippen LogP contribution in [0.1, 0.15) is 17.0 Å². The Morgan fingerprint density at radius 3 is 3.17 bits per heavy atom. The van der Waals surface area contributed by atoms with Gasteiger partial charge in [0.25, 0.3) is 0 Å². The Morgan fingerprint density at radius 1 is 1.58 bits per heavy atom. The quantitative estimate of drug-likeness (QED) is 0.621. The van der Waals surface area contributed by atoms with E-state index in [4.69, 9.17) is 0 Å². The van der Waals surface area contributed by atoms with Crippen LogP contribution >= 0.6 is 0 Å². The van der Waals surface area contributed by atoms with Crippen molar-refractivity contribution in [2.24, 2.45) is 0 Å². The van der Waals surface area contributed by atoms with Crippen molar-refractivity contribution in [3.8, 4) is 0 Å². The van der Waals surface area contributed by atoms with Crippen LogP contribution in [-0.4, -0.2) is 6.54 Å². The lowest BCUT2D eigenvalue weighted by atomic mass is 10.00. The second-order valence-electron chi connectivity index (χ2n) is 3.31. The van der Waals surface area contributed by atoms with Gasteiger partial charge in [0.05, 0.1) is 0 Å². The van der Waals surface area contributed by atoms with Gasteiger partial charge in [0.15, 0.2) is 0 Å². The standard InChI is InChI=1S/C11H13N/c1-3-9-7-12-11-5-4-8(2)6-10(9)11/h3-6,9,12H,1,7H2,2H3. The minimum atomic E-state index is 0.500. The maximum atomic E-state index is 3.83. The zero-order valence-corrected chi connectivity index (χ0v) is 7.30. The smallest absolute Gasteiger partial charge is 0.0379 e. The van der Waals surface area contributed by atoms with E-state index in [9.17, 15) is 0 Å². The summed E-state index contributed by atoms with van der Waals surface area (Å²) in [6.07, 6.45) is 2.01. The molecule has 0 aromatic heterocycles. The summed E-state index contributed by atoms with van der Waals surface area (Å²) in [5, 5.41) is 3.36. The molecular weight excluding hydrogens is 146 g/mol. The minimum Gasteiger partial charge on any atom is -0.384 e. The highest BCUT2D eigenvalue weighted by Crippen LogP contribution is 2.32. The molecule has 12 heavy (non-hydrogen) atoms. The first-order chi connectivity index (χ1) is 5.81. The summed E-state index contributed by atoms with van der Waals surface area (Å²) in [7, 11) is 0. The van der Waals surface area contributed by atoms with Gasteiger partial charge in [-0.15, -0.1) is 6.58 Å². The van der Waals surface area contributed by atoms with E-state index in [2.05, 4.69) is 37.0 Å². The Bertz CT molecular complexity index is 315. The SMILES string of the molecule is C=CC1CNc2ccc(C)cc21. The molecule has 2 rings (SSSR count). The molecule has 0 amide bonds. The van der Waals surface area contributed by atoms with E-state index in [0.29, 0.717) is 5.92 Å². The van der Waals surface area contributed by atoms with Gasteiger partial charge in [-0.05, 0) is 18.6 Å². The molecule has 1 atom stereocenters. The number of hydrogen-bond acceptors (Lipinski definition) is 1. The Balaban J connectivity index is 2.49. The predicted octanol–water partition coefficient (Wildman–Crippen LogP) is 2.69. The molecule has 1 nitrogen and oxygen atoms in total. The molecule has 1 aromatic rings. The highest BCUT2D eigenvalue weighted by molar-refractivity contribution is 5.59. The fourth-order valence-corrected chi connectivity index (χ4v) is 1.69. The Morgan fingerprint density at radius 2 is 2.42 bits per heavy atom. The fourth-order valence-electron chi connectivity index (χ4n) is 1.69. The third-order valence-corrected chi connectivity index (χ3v) is 2.40. The third kappa shape index (κ3) is 1.02. The van der Waals surface area contributed by atoms with E-state index in [1.165, 1.54) is 16.8 Å². The van der Waals surface area contributed by atoms with Crippen LogP contribution in [0.4, 0.5) is 5.69 Å². The van der Waals surface area contributed by atoms with Crippen LogP contribution in [0.15, 0.2) is 30.9 Å². The van der Waals surface area contributed by atoms with E-state index < -0.39 is 0 Å². The van der Waals surface area contributed by atoms with Crippen molar-refractivity contribution < 1.29 is 0 Å². The molecule has 1 aromatic carbocycles. The molecule has 1 N–H and O–H groups in total. The lowest BCUT2D eigenvalue weighted by molar-refractivity contribution is 0.951. The van der Waals surface area contributed by atoms with Crippen molar-refractivity contribution in [1.82, 2.24) is 0 Å². The predicted molar refractivity (Wildman–Crippen MR) is 52.6 cm³/mol. The summed E-state index contributed by atoms with van der Waals surface area (Å²) in [5.74, 6) is 0.500. The number of fused-ring (bicyclic) bond motifs is 1. The van der Waals surface area contributed by atoms with Gasteiger partial charge in [0.2, 0.25) is 0 Å². The molecule has 1 heterocycles. The maximum Gasteiger partial charge on any atom is 0.0379 e. The molecule has 0 spiro atoms. The Hall–Kier alpha value is -1.24. The maximum absolute atomic E-state index is 3.83. The van der Waals surface area contributed by atoms with Crippen LogP contribution in [-0.2, 0) is 0 Å². The minimum absolute atomic E-state index is 0.500. The van der Waals surface area contributed by atoms with Crippen molar-refractivity contribution in [3.05, 3.63) is 42.0 Å². The van der Waals surface area contributed by atoms with Crippen molar-refractivity contribution in [1.29, 1.82) is 0 Å². The Kier molecular flexibility index (Phi) is 1.65. The van der Waals surface area contributed by atoms with E-state index in [1.807, 2.05) is 6.08 Å². The summed E-state index contributed by atoms with van der Waals surface area (Å²) in [4.78, 5) is 0. The van der Waals surface area contributed by atoms with Crippen molar-refractivity contribution in [3.63, 3.8) is 0 Å². The topological polar surface area (TPSA) is 12.0 Å². The molecular formula is C11H13N. The van der Waals surface area contributed by atoms with E-state index in [0.717, 1.165) is 6.54 Å². The van der Waals surface area contributed by atoms with Gasteiger partial charge < -0.3 is 5.32 Å². The molecule has 0 aliphatic carbocycles. The number of aryl methyl sites for hydroxylation is 1. The van der Waals surface area contributed by atoms with Crippen LogP contribution < -0.4 is 5.32 Å². The van der Waals surface area contributed by atoms with Crippen LogP contribution in [0.25, 0.3) is 0 Å². The highest BCUT2D eigenvalue weighted by Gasteiger charge is 2.18. The first kappa shape index (κ1) is 7.41. The molecule has 0 fully saturated rings. The molecule has 0 radical (unpaired) electrons. The van der Waals surface area contributed by atoms with Crippen molar-refractivity contribution >= 4 is 5.69 Å². The first-order valence-corrected chi connectivity index (χ1v) is 4.28. The molecule has 1 unspecified atom stereocenters. The fraction of sp³-hybridized carbons (Fsp3) is 0.273. The van der Waals surface area contributed by atoms with Crippen LogP contribution in [0.2, 0.25) is 0 Å². The molecule has 0 saturated carbocycles. The zero-order chi connectivity index (χ0) is 8.55. The lowest BCUT2D eigenvalue weighted by Crippen LogP contribution is -1.97. The van der Waals surface area contributed by atoms with Crippen molar-refractivity contribution in [2.75, 3.05) is 11.9 Å². The monoisotopic (exact) mass is 159 g/mol. The number of nitrogens with one attached hydrogen (secondary N) is 1. The highest BCUT2D eigenvalue weighted by atomic mass is 14.9. The Labute approximate surface area is 73.1 Å². The molecule has 1 aliphatic rings. The van der Waals surface area contributed by atoms with E-state index in [1.54, 1.807) is 0 Å². The van der Waals surface area contributed by atoms with Gasteiger partial charge in [-0.25, -0.2) is 0 Å². The average molecular weight is 159 g/mol. The van der Waals surface area contributed by atoms with Gasteiger partial charge >= 0.3 is 0 Å². The summed E-state index contributed by atoms with van der Waals surface area (Å²) in [6, 6.07) is 6.52. The van der Waals surface area contributed by atoms with Gasteiger partial charge in [-0.3, -0.25) is 0 Å². The second kappa shape index (κ2) is 2.67. The van der Waals surface area contributed by atoms with Gasteiger partial charge in [0.1, 0.15) is 0 Å². The molecule has 0 bridgehead atoms. The first-order valence-electron chi connectivity index (χ1n) is 4.28. The average Bonchev–Trinajstić information content (AvgIpc) is 2.46. The van der Waals surface area contributed by atoms with Crippen LogP contribution in [0, 0.1) is 6.92 Å². The van der Waals surface area contributed by atoms with Gasteiger partial charge in [-0.1, -0.05) is 23.8 Å². The molecule has 62 valence electrons. The second-order valence-corrected chi connectivity index (χ2v) is 3.31. The molecule has 1 aliphatic heterocycles. The lowest BCUT2D eigenvalue weighted by Gasteiger charge is -2.03. The van der Waals surface area contributed by atoms with E-state index >= 15 is 0 Å². The largest absolute Gasteiger partial charge is 0.384 e. The number of anilines is 1. The number of rotatable bonds is 1. The van der Waals surface area contributed by atoms with E-state index in [-0.39, 0.29) is 0 Å². The van der Waals surface area contributed by atoms with Crippen LogP contribution in [0.3, 0.4) is 0 Å². The number of benzene rings is 1. The van der Waals surface area contributed by atoms with Crippen molar-refractivity contribution in [2.45, 2.75) is 12.8 Å². The third-order valence-electron chi connectivity index (χ3n) is 2.40. The van der Waals surface area contributed by atoms with Gasteiger partial charge in [0, 0.05) is 18.2 Å². The summed E-state index contributed by atoms with van der Waals surface area (Å²) < 4.78 is 0. The molecule has 0 saturated heterocycles. The molecule has 1 heteroatoms. The summed E-state index contributed by atoms with van der Waals surface area (Å²) >= 11 is 0.